The highest BCUT2D eigenvalue weighted by Crippen LogP contribution is 2.23. The molecule has 0 N–H and O–H groups in total. The Morgan fingerprint density at radius 3 is 2.58 bits per heavy atom. The van der Waals surface area contributed by atoms with Crippen molar-refractivity contribution in [3.63, 3.8) is 0 Å². The predicted molar refractivity (Wildman–Crippen MR) is 52.3 cm³/mol. The van der Waals surface area contributed by atoms with Gasteiger partial charge in [0.15, 0.2) is 0 Å². The van der Waals surface area contributed by atoms with Crippen LogP contribution in [-0.4, -0.2) is 12.7 Å². The molecular weight excluding hydrogens is 148 g/mol. The summed E-state index contributed by atoms with van der Waals surface area (Å²) in [5.74, 6) is 0.967. The van der Waals surface area contributed by atoms with Gasteiger partial charge in [0.05, 0.1) is 12.7 Å². The van der Waals surface area contributed by atoms with Gasteiger partial charge in [0.1, 0.15) is 0 Å². The van der Waals surface area contributed by atoms with Crippen molar-refractivity contribution in [1.29, 1.82) is 0 Å². The van der Waals surface area contributed by atoms with Gasteiger partial charge in [-0.15, -0.1) is 0 Å². The number of hydrogen-bond acceptors (Lipinski definition) is 1. The zero-order valence-corrected chi connectivity index (χ0v) is 8.51. The molecule has 0 bridgehead atoms. The normalized spacial score (nSPS) is 24.0. The van der Waals surface area contributed by atoms with E-state index in [1.165, 1.54) is 38.5 Å². The lowest BCUT2D eigenvalue weighted by Gasteiger charge is -2.12. The maximum atomic E-state index is 5.21. The lowest BCUT2D eigenvalue weighted by molar-refractivity contribution is 0.349. The largest absolute Gasteiger partial charge is 0.373 e. The third kappa shape index (κ3) is 4.10. The first-order chi connectivity index (χ1) is 5.86. The second kappa shape index (κ2) is 5.58. The first kappa shape index (κ1) is 10.0. The Kier molecular flexibility index (Phi) is 4.67. The second-order valence-corrected chi connectivity index (χ2v) is 3.95. The van der Waals surface area contributed by atoms with E-state index in [2.05, 4.69) is 13.8 Å². The third-order valence-electron chi connectivity index (χ3n) is 2.84. The van der Waals surface area contributed by atoms with Gasteiger partial charge in [0.25, 0.3) is 0 Å². The van der Waals surface area contributed by atoms with Crippen LogP contribution in [0.4, 0.5) is 0 Å². The van der Waals surface area contributed by atoms with E-state index in [1.54, 1.807) is 0 Å². The summed E-state index contributed by atoms with van der Waals surface area (Å²) in [6.45, 7) is 5.62. The SMILES string of the molecule is CCCCC(CC)CCC1CO1. The molecule has 1 saturated heterocycles. The molecular formula is C11H22O. The van der Waals surface area contributed by atoms with Crippen molar-refractivity contribution in [3.8, 4) is 0 Å². The average molecular weight is 170 g/mol. The first-order valence-corrected chi connectivity index (χ1v) is 5.48. The maximum Gasteiger partial charge on any atom is 0.0810 e. The molecule has 1 fully saturated rings. The summed E-state index contributed by atoms with van der Waals surface area (Å²) in [7, 11) is 0. The predicted octanol–water partition coefficient (Wildman–Crippen LogP) is 3.38. The Bertz CT molecular complexity index is 108. The lowest BCUT2D eigenvalue weighted by atomic mass is 9.94. The van der Waals surface area contributed by atoms with E-state index in [1.807, 2.05) is 0 Å². The molecule has 72 valence electrons. The quantitative estimate of drug-likeness (QED) is 0.534. The first-order valence-electron chi connectivity index (χ1n) is 5.48. The molecule has 2 atom stereocenters. The highest BCUT2D eigenvalue weighted by Gasteiger charge is 2.22. The topological polar surface area (TPSA) is 12.5 Å². The van der Waals surface area contributed by atoms with Crippen LogP contribution in [0.2, 0.25) is 0 Å². The van der Waals surface area contributed by atoms with Crippen LogP contribution in [0, 0.1) is 5.92 Å². The Morgan fingerprint density at radius 1 is 1.33 bits per heavy atom. The molecule has 1 aliphatic rings. The number of epoxide rings is 1. The van der Waals surface area contributed by atoms with Gasteiger partial charge in [0.2, 0.25) is 0 Å². The Balaban J connectivity index is 1.98. The van der Waals surface area contributed by atoms with Crippen LogP contribution in [0.15, 0.2) is 0 Å². The molecule has 0 aromatic heterocycles. The fourth-order valence-corrected chi connectivity index (χ4v) is 1.70. The van der Waals surface area contributed by atoms with Crippen LogP contribution < -0.4 is 0 Å². The van der Waals surface area contributed by atoms with Crippen LogP contribution >= 0.6 is 0 Å². The minimum atomic E-state index is 0.640. The van der Waals surface area contributed by atoms with E-state index in [-0.39, 0.29) is 0 Å². The summed E-state index contributed by atoms with van der Waals surface area (Å²) in [5, 5.41) is 0. The molecule has 0 aromatic carbocycles. The summed E-state index contributed by atoms with van der Waals surface area (Å²) in [5.41, 5.74) is 0. The zero-order chi connectivity index (χ0) is 8.81. The van der Waals surface area contributed by atoms with Crippen molar-refractivity contribution >= 4 is 0 Å². The van der Waals surface area contributed by atoms with E-state index in [9.17, 15) is 0 Å². The van der Waals surface area contributed by atoms with Crippen molar-refractivity contribution in [2.75, 3.05) is 6.61 Å². The fourth-order valence-electron chi connectivity index (χ4n) is 1.70. The van der Waals surface area contributed by atoms with Crippen LogP contribution in [0.1, 0.15) is 52.4 Å². The summed E-state index contributed by atoms with van der Waals surface area (Å²) >= 11 is 0. The van der Waals surface area contributed by atoms with E-state index in [0.717, 1.165) is 12.5 Å². The second-order valence-electron chi connectivity index (χ2n) is 3.95. The number of ether oxygens (including phenoxy) is 1. The van der Waals surface area contributed by atoms with E-state index in [0.29, 0.717) is 6.10 Å². The Hall–Kier alpha value is -0.0400. The third-order valence-corrected chi connectivity index (χ3v) is 2.84. The molecule has 0 aromatic rings. The minimum Gasteiger partial charge on any atom is -0.373 e. The maximum absolute atomic E-state index is 5.21. The summed E-state index contributed by atoms with van der Waals surface area (Å²) in [6.07, 6.45) is 8.87. The Labute approximate surface area is 76.5 Å². The molecule has 1 nitrogen and oxygen atoms in total. The highest BCUT2D eigenvalue weighted by molar-refractivity contribution is 4.70. The van der Waals surface area contributed by atoms with Gasteiger partial charge < -0.3 is 4.74 Å². The molecule has 0 spiro atoms. The van der Waals surface area contributed by atoms with Gasteiger partial charge in [0, 0.05) is 0 Å². The number of unbranched alkanes of at least 4 members (excludes halogenated alkanes) is 1. The molecule has 1 heteroatoms. The van der Waals surface area contributed by atoms with E-state index in [4.69, 9.17) is 4.74 Å². The molecule has 1 heterocycles. The van der Waals surface area contributed by atoms with E-state index < -0.39 is 0 Å². The standard InChI is InChI=1S/C11H22O/c1-3-5-6-10(4-2)7-8-11-9-12-11/h10-11H,3-9H2,1-2H3. The molecule has 1 rings (SSSR count). The number of rotatable bonds is 7. The van der Waals surface area contributed by atoms with Crippen LogP contribution in [0.25, 0.3) is 0 Å². The smallest absolute Gasteiger partial charge is 0.0810 e. The zero-order valence-electron chi connectivity index (χ0n) is 8.51. The Morgan fingerprint density at radius 2 is 2.08 bits per heavy atom. The van der Waals surface area contributed by atoms with Gasteiger partial charge in [-0.2, -0.15) is 0 Å². The van der Waals surface area contributed by atoms with Crippen LogP contribution in [0.5, 0.6) is 0 Å². The number of hydrogen-bond donors (Lipinski definition) is 0. The molecule has 1 aliphatic heterocycles. The molecule has 12 heavy (non-hydrogen) atoms. The van der Waals surface area contributed by atoms with Gasteiger partial charge >= 0.3 is 0 Å². The van der Waals surface area contributed by atoms with E-state index >= 15 is 0 Å². The summed E-state index contributed by atoms with van der Waals surface area (Å²) in [4.78, 5) is 0. The van der Waals surface area contributed by atoms with Gasteiger partial charge in [-0.1, -0.05) is 39.5 Å². The van der Waals surface area contributed by atoms with Crippen LogP contribution in [0.3, 0.4) is 0 Å². The summed E-state index contributed by atoms with van der Waals surface area (Å²) in [6, 6.07) is 0. The molecule has 0 aliphatic carbocycles. The van der Waals surface area contributed by atoms with Gasteiger partial charge in [-0.05, 0) is 18.8 Å². The molecule has 2 unspecified atom stereocenters. The summed E-state index contributed by atoms with van der Waals surface area (Å²) < 4.78 is 5.21. The van der Waals surface area contributed by atoms with Crippen LogP contribution in [-0.2, 0) is 4.74 Å². The van der Waals surface area contributed by atoms with Crippen molar-refractivity contribution < 1.29 is 4.74 Å². The van der Waals surface area contributed by atoms with Crippen molar-refractivity contribution in [1.82, 2.24) is 0 Å². The van der Waals surface area contributed by atoms with Crippen molar-refractivity contribution in [2.45, 2.75) is 58.5 Å². The van der Waals surface area contributed by atoms with Gasteiger partial charge in [-0.3, -0.25) is 0 Å². The van der Waals surface area contributed by atoms with Crippen molar-refractivity contribution in [3.05, 3.63) is 0 Å². The molecule has 0 saturated carbocycles. The van der Waals surface area contributed by atoms with Gasteiger partial charge in [-0.25, -0.2) is 0 Å². The minimum absolute atomic E-state index is 0.640. The molecule has 0 radical (unpaired) electrons. The molecule has 0 amide bonds. The average Bonchev–Trinajstić information content (AvgIpc) is 2.89. The highest BCUT2D eigenvalue weighted by atomic mass is 16.6. The fraction of sp³-hybridized carbons (Fsp3) is 1.00. The lowest BCUT2D eigenvalue weighted by Crippen LogP contribution is -2.00. The monoisotopic (exact) mass is 170 g/mol. The van der Waals surface area contributed by atoms with Crippen molar-refractivity contribution in [2.24, 2.45) is 5.92 Å².